The van der Waals surface area contributed by atoms with Gasteiger partial charge in [-0.15, -0.1) is 4.37 Å². The molecule has 0 amide bonds. The van der Waals surface area contributed by atoms with Crippen LogP contribution in [0.1, 0.15) is 27.2 Å². The van der Waals surface area contributed by atoms with E-state index in [0.29, 0.717) is 24.4 Å². The summed E-state index contributed by atoms with van der Waals surface area (Å²) in [6, 6.07) is 0.399. The topological polar surface area (TPSA) is 67.3 Å². The molecule has 17 heavy (non-hydrogen) atoms. The summed E-state index contributed by atoms with van der Waals surface area (Å²) in [6.07, 6.45) is 2.15. The predicted octanol–water partition coefficient (Wildman–Crippen LogP) is 1.30. The van der Waals surface area contributed by atoms with Crippen LogP contribution in [0.25, 0.3) is 0 Å². The molecule has 0 aliphatic heterocycles. The number of aliphatic hydroxyl groups is 1. The van der Waals surface area contributed by atoms with Gasteiger partial charge in [-0.05, 0) is 12.8 Å². The Morgan fingerprint density at radius 3 is 2.88 bits per heavy atom. The zero-order valence-corrected chi connectivity index (χ0v) is 11.4. The highest BCUT2D eigenvalue weighted by molar-refractivity contribution is 6.99. The van der Waals surface area contributed by atoms with Crippen LogP contribution in [0.3, 0.4) is 0 Å². The van der Waals surface area contributed by atoms with Crippen molar-refractivity contribution >= 4 is 11.7 Å². The monoisotopic (exact) mass is 259 g/mol. The maximum Gasteiger partial charge on any atom is 0.245 e. The third kappa shape index (κ3) is 5.43. The number of rotatable bonds is 8. The molecule has 0 saturated carbocycles. The standard InChI is InChI=1S/C11H21N3O2S/c1-4-8(2)9(3)12-5-10(15)7-16-11-6-13-17-14-11/h6,8-10,12,15H,4-5,7H2,1-3H3. The first-order valence-corrected chi connectivity index (χ1v) is 6.68. The largest absolute Gasteiger partial charge is 0.473 e. The minimum atomic E-state index is -0.525. The summed E-state index contributed by atoms with van der Waals surface area (Å²) >= 11 is 1.09. The fourth-order valence-electron chi connectivity index (χ4n) is 1.34. The van der Waals surface area contributed by atoms with Crippen LogP contribution in [0.2, 0.25) is 0 Å². The van der Waals surface area contributed by atoms with E-state index in [1.807, 2.05) is 0 Å². The van der Waals surface area contributed by atoms with Crippen molar-refractivity contribution in [1.29, 1.82) is 0 Å². The molecule has 5 nitrogen and oxygen atoms in total. The molecule has 0 fully saturated rings. The van der Waals surface area contributed by atoms with Crippen LogP contribution in [0.5, 0.6) is 5.88 Å². The molecule has 1 aromatic rings. The summed E-state index contributed by atoms with van der Waals surface area (Å²) in [4.78, 5) is 0. The van der Waals surface area contributed by atoms with Crippen molar-refractivity contribution < 1.29 is 9.84 Å². The van der Waals surface area contributed by atoms with Gasteiger partial charge in [-0.25, -0.2) is 0 Å². The van der Waals surface area contributed by atoms with E-state index in [9.17, 15) is 5.11 Å². The average molecular weight is 259 g/mol. The highest BCUT2D eigenvalue weighted by Crippen LogP contribution is 2.07. The first kappa shape index (κ1) is 14.3. The Morgan fingerprint density at radius 1 is 1.53 bits per heavy atom. The Balaban J connectivity index is 2.14. The summed E-state index contributed by atoms with van der Waals surface area (Å²) in [5.41, 5.74) is 0. The molecule has 1 rings (SSSR count). The Hall–Kier alpha value is -0.720. The van der Waals surface area contributed by atoms with Crippen LogP contribution < -0.4 is 10.1 Å². The first-order chi connectivity index (χ1) is 8.13. The molecular weight excluding hydrogens is 238 g/mol. The number of nitrogens with one attached hydrogen (secondary N) is 1. The van der Waals surface area contributed by atoms with E-state index in [-0.39, 0.29) is 6.61 Å². The first-order valence-electron chi connectivity index (χ1n) is 5.95. The van der Waals surface area contributed by atoms with E-state index in [1.165, 1.54) is 0 Å². The molecule has 98 valence electrons. The molecule has 0 saturated heterocycles. The molecule has 3 atom stereocenters. The van der Waals surface area contributed by atoms with E-state index < -0.39 is 6.10 Å². The highest BCUT2D eigenvalue weighted by Gasteiger charge is 2.12. The maximum atomic E-state index is 9.72. The van der Waals surface area contributed by atoms with Gasteiger partial charge in [-0.3, -0.25) is 0 Å². The molecule has 1 aromatic heterocycles. The molecule has 1 heterocycles. The lowest BCUT2D eigenvalue weighted by Crippen LogP contribution is -2.39. The SMILES string of the molecule is CCC(C)C(C)NCC(O)COc1cnsn1. The van der Waals surface area contributed by atoms with Crippen LogP contribution in [-0.2, 0) is 0 Å². The van der Waals surface area contributed by atoms with E-state index in [0.717, 1.165) is 18.1 Å². The number of hydrogen-bond acceptors (Lipinski definition) is 6. The molecule has 3 unspecified atom stereocenters. The van der Waals surface area contributed by atoms with E-state index in [1.54, 1.807) is 6.20 Å². The number of aromatic nitrogens is 2. The van der Waals surface area contributed by atoms with Crippen LogP contribution >= 0.6 is 11.7 Å². The van der Waals surface area contributed by atoms with Crippen LogP contribution in [0, 0.1) is 5.92 Å². The van der Waals surface area contributed by atoms with Gasteiger partial charge in [0.15, 0.2) is 0 Å². The molecule has 0 spiro atoms. The number of aliphatic hydroxyl groups excluding tert-OH is 1. The van der Waals surface area contributed by atoms with Gasteiger partial charge in [0.2, 0.25) is 5.88 Å². The lowest BCUT2D eigenvalue weighted by molar-refractivity contribution is 0.0999. The zero-order chi connectivity index (χ0) is 12.7. The minimum Gasteiger partial charge on any atom is -0.473 e. The summed E-state index contributed by atoms with van der Waals surface area (Å²) in [5, 5.41) is 13.0. The van der Waals surface area contributed by atoms with Crippen molar-refractivity contribution in [2.24, 2.45) is 5.92 Å². The van der Waals surface area contributed by atoms with Crippen molar-refractivity contribution in [2.75, 3.05) is 13.2 Å². The van der Waals surface area contributed by atoms with Gasteiger partial charge in [-0.1, -0.05) is 20.3 Å². The summed E-state index contributed by atoms with van der Waals surface area (Å²) in [5.74, 6) is 1.08. The number of ether oxygens (including phenoxy) is 1. The van der Waals surface area contributed by atoms with Gasteiger partial charge in [0.1, 0.15) is 18.9 Å². The summed E-state index contributed by atoms with van der Waals surface area (Å²) in [6.45, 7) is 7.26. The van der Waals surface area contributed by atoms with Gasteiger partial charge in [0, 0.05) is 12.6 Å². The lowest BCUT2D eigenvalue weighted by Gasteiger charge is -2.21. The fourth-order valence-corrected chi connectivity index (χ4v) is 1.70. The van der Waals surface area contributed by atoms with Crippen molar-refractivity contribution in [3.63, 3.8) is 0 Å². The third-order valence-electron chi connectivity index (χ3n) is 2.94. The Labute approximate surface area is 107 Å². The zero-order valence-electron chi connectivity index (χ0n) is 10.6. The minimum absolute atomic E-state index is 0.242. The quantitative estimate of drug-likeness (QED) is 0.736. The number of nitrogens with zero attached hydrogens (tertiary/aromatic N) is 2. The summed E-state index contributed by atoms with van der Waals surface area (Å²) < 4.78 is 13.0. The Morgan fingerprint density at radius 2 is 2.29 bits per heavy atom. The van der Waals surface area contributed by atoms with Gasteiger partial charge in [-0.2, -0.15) is 4.37 Å². The fraction of sp³-hybridized carbons (Fsp3) is 0.818. The highest BCUT2D eigenvalue weighted by atomic mass is 32.1. The number of hydrogen-bond donors (Lipinski definition) is 2. The lowest BCUT2D eigenvalue weighted by atomic mass is 10.0. The molecule has 0 aromatic carbocycles. The second-order valence-corrected chi connectivity index (χ2v) is 4.85. The normalized spacial score (nSPS) is 16.5. The second kappa shape index (κ2) is 7.58. The molecule has 2 N–H and O–H groups in total. The van der Waals surface area contributed by atoms with Crippen LogP contribution in [-0.4, -0.2) is 39.2 Å². The molecule has 0 aliphatic rings. The van der Waals surface area contributed by atoms with E-state index >= 15 is 0 Å². The molecule has 0 aliphatic carbocycles. The van der Waals surface area contributed by atoms with Crippen molar-refractivity contribution in [3.05, 3.63) is 6.20 Å². The van der Waals surface area contributed by atoms with Gasteiger partial charge in [0.05, 0.1) is 11.7 Å². The van der Waals surface area contributed by atoms with Crippen LogP contribution in [0.15, 0.2) is 6.20 Å². The van der Waals surface area contributed by atoms with Gasteiger partial charge < -0.3 is 15.2 Å². The van der Waals surface area contributed by atoms with Crippen molar-refractivity contribution in [1.82, 2.24) is 14.1 Å². The second-order valence-electron chi connectivity index (χ2n) is 4.29. The van der Waals surface area contributed by atoms with Crippen molar-refractivity contribution in [2.45, 2.75) is 39.3 Å². The van der Waals surface area contributed by atoms with Crippen LogP contribution in [0.4, 0.5) is 0 Å². The Bertz CT molecular complexity index is 295. The molecule has 0 bridgehead atoms. The average Bonchev–Trinajstić information content (AvgIpc) is 2.85. The Kier molecular flexibility index (Phi) is 6.39. The third-order valence-corrected chi connectivity index (χ3v) is 3.40. The van der Waals surface area contributed by atoms with Gasteiger partial charge in [0.25, 0.3) is 0 Å². The van der Waals surface area contributed by atoms with Crippen molar-refractivity contribution in [3.8, 4) is 5.88 Å². The summed E-state index contributed by atoms with van der Waals surface area (Å²) in [7, 11) is 0. The molecule has 6 heteroatoms. The van der Waals surface area contributed by atoms with E-state index in [2.05, 4.69) is 34.8 Å². The molecular formula is C11H21N3O2S. The predicted molar refractivity (Wildman–Crippen MR) is 68.3 cm³/mol. The van der Waals surface area contributed by atoms with Gasteiger partial charge >= 0.3 is 0 Å². The smallest absolute Gasteiger partial charge is 0.245 e. The molecule has 0 radical (unpaired) electrons. The van der Waals surface area contributed by atoms with E-state index in [4.69, 9.17) is 4.74 Å². The maximum absolute atomic E-state index is 9.72.